The largest absolute Gasteiger partial charge is 0.414 e. The molecule has 2 fully saturated rings. The highest BCUT2D eigenvalue weighted by molar-refractivity contribution is 6.83. The van der Waals surface area contributed by atoms with Crippen molar-refractivity contribution in [2.75, 3.05) is 6.61 Å². The van der Waals surface area contributed by atoms with Crippen molar-refractivity contribution >= 4 is 17.1 Å². The first-order valence-electron chi connectivity index (χ1n) is 10.9. The number of hydrogen-bond acceptors (Lipinski definition) is 4. The van der Waals surface area contributed by atoms with Crippen LogP contribution in [0.3, 0.4) is 0 Å². The summed E-state index contributed by atoms with van der Waals surface area (Å²) in [6, 6.07) is 0. The summed E-state index contributed by atoms with van der Waals surface area (Å²) < 4.78 is 27.6. The average Bonchev–Trinajstić information content (AvgIpc) is 2.88. The molecule has 4 nitrogen and oxygen atoms in total. The van der Waals surface area contributed by atoms with Crippen LogP contribution in [0.25, 0.3) is 0 Å². The highest BCUT2D eigenvalue weighted by Gasteiger charge is 2.60. The lowest BCUT2D eigenvalue weighted by Crippen LogP contribution is -2.65. The molecule has 0 aliphatic carbocycles. The maximum Gasteiger partial charge on any atom is 0.335 e. The van der Waals surface area contributed by atoms with Gasteiger partial charge in [0.1, 0.15) is 6.10 Å². The lowest BCUT2D eigenvalue weighted by Gasteiger charge is -2.51. The van der Waals surface area contributed by atoms with Gasteiger partial charge in [-0.05, 0) is 27.6 Å². The Hall–Kier alpha value is 0.274. The summed E-state index contributed by atoms with van der Waals surface area (Å²) in [7, 11) is -4.95. The summed E-state index contributed by atoms with van der Waals surface area (Å²) in [5, 5.41) is 0. The van der Waals surface area contributed by atoms with E-state index in [-0.39, 0.29) is 23.7 Å². The molecule has 0 radical (unpaired) electrons. The average molecular weight is 417 g/mol. The van der Waals surface area contributed by atoms with Crippen molar-refractivity contribution in [2.24, 2.45) is 5.41 Å². The summed E-state index contributed by atoms with van der Waals surface area (Å²) >= 11 is 0. The van der Waals surface area contributed by atoms with Crippen molar-refractivity contribution < 1.29 is 17.7 Å². The molecule has 0 aromatic rings. The van der Waals surface area contributed by atoms with E-state index in [0.717, 1.165) is 6.42 Å². The van der Waals surface area contributed by atoms with Crippen molar-refractivity contribution in [3.05, 3.63) is 0 Å². The zero-order valence-electron chi connectivity index (χ0n) is 19.6. The second-order valence-corrected chi connectivity index (χ2v) is 19.7. The molecule has 2 aliphatic heterocycles. The monoisotopic (exact) mass is 416 g/mol. The SMILES string of the molecule is CC(C)[Si]1(C(C)C)OCC2OC(C(C)(C)C)CC2O[Si](C(C)C)(C(C)C)O1. The van der Waals surface area contributed by atoms with Crippen molar-refractivity contribution in [2.45, 2.75) is 123 Å². The molecular formula is C21H44O4Si2. The van der Waals surface area contributed by atoms with Crippen LogP contribution in [-0.2, 0) is 17.7 Å². The third-order valence-electron chi connectivity index (χ3n) is 6.51. The third-order valence-corrected chi connectivity index (χ3v) is 16.8. The van der Waals surface area contributed by atoms with E-state index in [9.17, 15) is 0 Å². The Kier molecular flexibility index (Phi) is 7.14. The van der Waals surface area contributed by atoms with Gasteiger partial charge in [0.05, 0.1) is 18.8 Å². The van der Waals surface area contributed by atoms with Gasteiger partial charge in [0.25, 0.3) is 0 Å². The topological polar surface area (TPSA) is 36.9 Å². The zero-order chi connectivity index (χ0) is 20.8. The minimum absolute atomic E-state index is 0.0203. The first-order valence-corrected chi connectivity index (χ1v) is 14.9. The predicted octanol–water partition coefficient (Wildman–Crippen LogP) is 6.15. The Bertz CT molecular complexity index is 483. The van der Waals surface area contributed by atoms with E-state index in [0.29, 0.717) is 28.8 Å². The molecule has 3 unspecified atom stereocenters. The van der Waals surface area contributed by atoms with Gasteiger partial charge in [0.2, 0.25) is 0 Å². The molecule has 0 saturated carbocycles. The smallest absolute Gasteiger partial charge is 0.335 e. The molecule has 0 aromatic heterocycles. The molecule has 0 amide bonds. The minimum Gasteiger partial charge on any atom is -0.414 e. The Morgan fingerprint density at radius 1 is 0.741 bits per heavy atom. The van der Waals surface area contributed by atoms with E-state index >= 15 is 0 Å². The van der Waals surface area contributed by atoms with E-state index in [1.165, 1.54) is 0 Å². The predicted molar refractivity (Wildman–Crippen MR) is 117 cm³/mol. The molecule has 0 aromatic carbocycles. The van der Waals surface area contributed by atoms with Gasteiger partial charge in [0.15, 0.2) is 0 Å². The van der Waals surface area contributed by atoms with E-state index in [4.69, 9.17) is 17.7 Å². The van der Waals surface area contributed by atoms with Crippen molar-refractivity contribution in [3.63, 3.8) is 0 Å². The van der Waals surface area contributed by atoms with Crippen LogP contribution in [0.5, 0.6) is 0 Å². The summed E-state index contributed by atoms with van der Waals surface area (Å²) in [6.07, 6.45) is 1.24. The van der Waals surface area contributed by atoms with Crippen LogP contribution in [-0.4, -0.2) is 42.0 Å². The third kappa shape index (κ3) is 4.41. The van der Waals surface area contributed by atoms with Crippen molar-refractivity contribution in [3.8, 4) is 0 Å². The molecule has 0 bridgehead atoms. The molecule has 2 rings (SSSR count). The summed E-state index contributed by atoms with van der Waals surface area (Å²) in [5.74, 6) is 0. The molecule has 6 heteroatoms. The molecule has 2 aliphatic rings. The van der Waals surface area contributed by atoms with Gasteiger partial charge in [0, 0.05) is 6.42 Å². The fourth-order valence-corrected chi connectivity index (χ4v) is 15.9. The fourth-order valence-electron chi connectivity index (χ4n) is 4.71. The molecule has 27 heavy (non-hydrogen) atoms. The lowest BCUT2D eigenvalue weighted by atomic mass is 9.87. The second kappa shape index (κ2) is 8.19. The number of rotatable bonds is 4. The lowest BCUT2D eigenvalue weighted by molar-refractivity contribution is -0.0616. The van der Waals surface area contributed by atoms with Gasteiger partial charge < -0.3 is 17.7 Å². The summed E-state index contributed by atoms with van der Waals surface area (Å²) in [5.41, 5.74) is 1.61. The second-order valence-electron chi connectivity index (χ2n) is 10.9. The van der Waals surface area contributed by atoms with E-state index in [1.807, 2.05) is 0 Å². The standard InChI is InChI=1S/C21H44O4Si2/c1-14(2)26(15(3)4)22-13-19-18(12-20(23-19)21(9,10)11)24-27(25-26,16(5)6)17(7)8/h14-20H,12-13H2,1-11H3. The molecule has 0 N–H and O–H groups in total. The van der Waals surface area contributed by atoms with Crippen LogP contribution in [0.2, 0.25) is 22.2 Å². The van der Waals surface area contributed by atoms with Gasteiger partial charge in [-0.3, -0.25) is 0 Å². The van der Waals surface area contributed by atoms with Crippen LogP contribution in [0, 0.1) is 5.41 Å². The summed E-state index contributed by atoms with van der Waals surface area (Å²) in [6.45, 7) is 25.5. The van der Waals surface area contributed by atoms with Crippen LogP contribution >= 0.6 is 0 Å². The highest BCUT2D eigenvalue weighted by atomic mass is 28.5. The normalized spacial score (nSPS) is 31.4. The van der Waals surface area contributed by atoms with Crippen molar-refractivity contribution in [1.29, 1.82) is 0 Å². The number of ether oxygens (including phenoxy) is 1. The Morgan fingerprint density at radius 3 is 1.63 bits per heavy atom. The van der Waals surface area contributed by atoms with Crippen molar-refractivity contribution in [1.82, 2.24) is 0 Å². The molecule has 160 valence electrons. The molecule has 3 atom stereocenters. The maximum atomic E-state index is 7.22. The van der Waals surface area contributed by atoms with E-state index in [1.54, 1.807) is 0 Å². The first kappa shape index (κ1) is 23.6. The Labute approximate surface area is 170 Å². The molecular weight excluding hydrogens is 372 g/mol. The van der Waals surface area contributed by atoms with Gasteiger partial charge in [-0.2, -0.15) is 0 Å². The quantitative estimate of drug-likeness (QED) is 0.515. The Morgan fingerprint density at radius 2 is 1.22 bits per heavy atom. The minimum atomic E-state index is -2.50. The van der Waals surface area contributed by atoms with Crippen LogP contribution in [0.1, 0.15) is 82.6 Å². The zero-order valence-corrected chi connectivity index (χ0v) is 21.6. The van der Waals surface area contributed by atoms with Crippen LogP contribution in [0.15, 0.2) is 0 Å². The highest BCUT2D eigenvalue weighted by Crippen LogP contribution is 2.48. The summed E-state index contributed by atoms with van der Waals surface area (Å²) in [4.78, 5) is 0. The van der Waals surface area contributed by atoms with Crippen LogP contribution in [0.4, 0.5) is 0 Å². The molecule has 2 heterocycles. The van der Waals surface area contributed by atoms with Gasteiger partial charge in [-0.15, -0.1) is 0 Å². The molecule has 2 saturated heterocycles. The van der Waals surface area contributed by atoms with Gasteiger partial charge in [-0.25, -0.2) is 0 Å². The number of hydrogen-bond donors (Lipinski definition) is 0. The van der Waals surface area contributed by atoms with Gasteiger partial charge >= 0.3 is 17.1 Å². The first-order chi connectivity index (χ1) is 12.3. The van der Waals surface area contributed by atoms with Gasteiger partial charge in [-0.1, -0.05) is 76.2 Å². The molecule has 0 spiro atoms. The van der Waals surface area contributed by atoms with E-state index in [2.05, 4.69) is 76.2 Å². The fraction of sp³-hybridized carbons (Fsp3) is 1.00. The number of fused-ring (bicyclic) bond motifs is 1. The maximum absolute atomic E-state index is 7.22. The van der Waals surface area contributed by atoms with Crippen LogP contribution < -0.4 is 0 Å². The van der Waals surface area contributed by atoms with E-state index < -0.39 is 17.1 Å². The Balaban J connectivity index is 2.49.